The van der Waals surface area contributed by atoms with Crippen molar-refractivity contribution in [2.24, 2.45) is 0 Å². The first-order valence-corrected chi connectivity index (χ1v) is 4.19. The summed E-state index contributed by atoms with van der Waals surface area (Å²) in [5.41, 5.74) is 0. The first-order valence-electron chi connectivity index (χ1n) is 3.14. The maximum absolute atomic E-state index is 10.2. The number of carbonyl (C=O) groups is 1. The predicted octanol–water partition coefficient (Wildman–Crippen LogP) is 0.580. The zero-order valence-corrected chi connectivity index (χ0v) is 6.36. The van der Waals surface area contributed by atoms with E-state index in [1.165, 1.54) is 0 Å². The second kappa shape index (κ2) is 3.11. The summed E-state index contributed by atoms with van der Waals surface area (Å²) in [7, 11) is 0. The third-order valence-electron chi connectivity index (χ3n) is 1.42. The minimum absolute atomic E-state index is 0.629. The molecule has 52 valence electrons. The molecule has 0 saturated carbocycles. The van der Waals surface area contributed by atoms with Crippen molar-refractivity contribution >= 4 is 18.2 Å². The van der Waals surface area contributed by atoms with Crippen molar-refractivity contribution in [1.29, 1.82) is 0 Å². The monoisotopic (exact) mass is 145 g/mol. The minimum Gasteiger partial charge on any atom is -0.343 e. The van der Waals surface area contributed by atoms with Crippen molar-refractivity contribution in [3.63, 3.8) is 0 Å². The number of amides is 1. The van der Waals surface area contributed by atoms with E-state index in [2.05, 4.69) is 6.92 Å². The van der Waals surface area contributed by atoms with Crippen LogP contribution in [0.2, 0.25) is 0 Å². The fourth-order valence-corrected chi connectivity index (χ4v) is 1.98. The molecule has 0 bridgehead atoms. The third-order valence-corrected chi connectivity index (χ3v) is 2.56. The van der Waals surface area contributed by atoms with Gasteiger partial charge in [-0.1, -0.05) is 6.92 Å². The van der Waals surface area contributed by atoms with Gasteiger partial charge < -0.3 is 4.90 Å². The number of thioether (sulfide) groups is 1. The van der Waals surface area contributed by atoms with Gasteiger partial charge in [-0.2, -0.15) is 11.8 Å². The molecule has 1 amide bonds. The Morgan fingerprint density at radius 3 is 3.00 bits per heavy atom. The lowest BCUT2D eigenvalue weighted by atomic mass is 10.4. The lowest BCUT2D eigenvalue weighted by Crippen LogP contribution is -2.35. The SMILES string of the molecule is CC1CN(C=O)CCS1. The van der Waals surface area contributed by atoms with Crippen LogP contribution in [0.25, 0.3) is 0 Å². The Hall–Kier alpha value is -0.180. The van der Waals surface area contributed by atoms with Crippen molar-refractivity contribution in [2.75, 3.05) is 18.8 Å². The molecule has 2 nitrogen and oxygen atoms in total. The van der Waals surface area contributed by atoms with Gasteiger partial charge in [-0.25, -0.2) is 0 Å². The van der Waals surface area contributed by atoms with Gasteiger partial charge in [0.1, 0.15) is 0 Å². The summed E-state index contributed by atoms with van der Waals surface area (Å²) in [5.74, 6) is 1.10. The van der Waals surface area contributed by atoms with E-state index in [9.17, 15) is 4.79 Å². The molecule has 0 aromatic heterocycles. The van der Waals surface area contributed by atoms with Crippen LogP contribution in [0.15, 0.2) is 0 Å². The molecule has 1 saturated heterocycles. The average molecular weight is 145 g/mol. The molecule has 9 heavy (non-hydrogen) atoms. The molecule has 1 rings (SSSR count). The number of hydrogen-bond acceptors (Lipinski definition) is 2. The van der Waals surface area contributed by atoms with Crippen LogP contribution in [-0.4, -0.2) is 35.4 Å². The summed E-state index contributed by atoms with van der Waals surface area (Å²) < 4.78 is 0. The molecule has 0 aromatic rings. The van der Waals surface area contributed by atoms with E-state index in [0.717, 1.165) is 25.3 Å². The van der Waals surface area contributed by atoms with E-state index >= 15 is 0 Å². The van der Waals surface area contributed by atoms with Gasteiger partial charge in [0.25, 0.3) is 0 Å². The van der Waals surface area contributed by atoms with E-state index in [0.29, 0.717) is 5.25 Å². The standard InChI is InChI=1S/C6H11NOS/c1-6-4-7(5-8)2-3-9-6/h5-6H,2-4H2,1H3. The zero-order valence-electron chi connectivity index (χ0n) is 5.54. The van der Waals surface area contributed by atoms with Crippen molar-refractivity contribution in [2.45, 2.75) is 12.2 Å². The van der Waals surface area contributed by atoms with Crippen LogP contribution in [0.4, 0.5) is 0 Å². The maximum Gasteiger partial charge on any atom is 0.209 e. The molecule has 1 atom stereocenters. The van der Waals surface area contributed by atoms with Gasteiger partial charge in [0.2, 0.25) is 6.41 Å². The van der Waals surface area contributed by atoms with E-state index in [4.69, 9.17) is 0 Å². The number of nitrogens with zero attached hydrogens (tertiary/aromatic N) is 1. The Morgan fingerprint density at radius 2 is 2.56 bits per heavy atom. The predicted molar refractivity (Wildman–Crippen MR) is 39.6 cm³/mol. The zero-order chi connectivity index (χ0) is 6.69. The molecular formula is C6H11NOS. The van der Waals surface area contributed by atoms with Gasteiger partial charge in [0, 0.05) is 24.1 Å². The number of hydrogen-bond donors (Lipinski definition) is 0. The quantitative estimate of drug-likeness (QED) is 0.503. The molecule has 0 radical (unpaired) electrons. The fourth-order valence-electron chi connectivity index (χ4n) is 0.941. The molecule has 0 aliphatic carbocycles. The van der Waals surface area contributed by atoms with Gasteiger partial charge in [0.05, 0.1) is 0 Å². The largest absolute Gasteiger partial charge is 0.343 e. The van der Waals surface area contributed by atoms with Crippen LogP contribution in [0.1, 0.15) is 6.92 Å². The van der Waals surface area contributed by atoms with Crippen molar-refractivity contribution < 1.29 is 4.79 Å². The number of carbonyl (C=O) groups excluding carboxylic acids is 1. The highest BCUT2D eigenvalue weighted by Crippen LogP contribution is 2.15. The van der Waals surface area contributed by atoms with Crippen LogP contribution in [-0.2, 0) is 4.79 Å². The molecule has 1 aliphatic heterocycles. The van der Waals surface area contributed by atoms with Crippen molar-refractivity contribution in [1.82, 2.24) is 4.90 Å². The first kappa shape index (κ1) is 6.93. The van der Waals surface area contributed by atoms with E-state index in [1.54, 1.807) is 0 Å². The van der Waals surface area contributed by atoms with Gasteiger partial charge >= 0.3 is 0 Å². The van der Waals surface area contributed by atoms with E-state index in [-0.39, 0.29) is 0 Å². The average Bonchev–Trinajstić information content (AvgIpc) is 1.88. The molecule has 0 spiro atoms. The topological polar surface area (TPSA) is 20.3 Å². The summed E-state index contributed by atoms with van der Waals surface area (Å²) in [6.45, 7) is 4.01. The molecule has 0 aromatic carbocycles. The van der Waals surface area contributed by atoms with Crippen LogP contribution in [0, 0.1) is 0 Å². The molecular weight excluding hydrogens is 134 g/mol. The van der Waals surface area contributed by atoms with E-state index < -0.39 is 0 Å². The summed E-state index contributed by atoms with van der Waals surface area (Å²) in [4.78, 5) is 12.1. The van der Waals surface area contributed by atoms with Crippen LogP contribution in [0.3, 0.4) is 0 Å². The lowest BCUT2D eigenvalue weighted by molar-refractivity contribution is -0.118. The van der Waals surface area contributed by atoms with Crippen LogP contribution in [0.5, 0.6) is 0 Å². The van der Waals surface area contributed by atoms with Gasteiger partial charge in [0.15, 0.2) is 0 Å². The highest BCUT2D eigenvalue weighted by atomic mass is 32.2. The summed E-state index contributed by atoms with van der Waals surface area (Å²) in [5, 5.41) is 0.629. The maximum atomic E-state index is 10.2. The minimum atomic E-state index is 0.629. The molecule has 0 N–H and O–H groups in total. The number of rotatable bonds is 1. The summed E-state index contributed by atoms with van der Waals surface area (Å²) in [6.07, 6.45) is 0.941. The Morgan fingerprint density at radius 1 is 1.78 bits per heavy atom. The molecule has 3 heteroatoms. The van der Waals surface area contributed by atoms with Crippen molar-refractivity contribution in [3.05, 3.63) is 0 Å². The van der Waals surface area contributed by atoms with E-state index in [1.807, 2.05) is 16.7 Å². The summed E-state index contributed by atoms with van der Waals surface area (Å²) >= 11 is 1.94. The van der Waals surface area contributed by atoms with Crippen LogP contribution >= 0.6 is 11.8 Å². The highest BCUT2D eigenvalue weighted by molar-refractivity contribution is 7.99. The highest BCUT2D eigenvalue weighted by Gasteiger charge is 2.13. The molecule has 1 unspecified atom stereocenters. The second-order valence-corrected chi connectivity index (χ2v) is 3.83. The van der Waals surface area contributed by atoms with Gasteiger partial charge in [-0.3, -0.25) is 4.79 Å². The third kappa shape index (κ3) is 1.90. The van der Waals surface area contributed by atoms with Crippen LogP contribution < -0.4 is 0 Å². The normalized spacial score (nSPS) is 28.1. The van der Waals surface area contributed by atoms with Gasteiger partial charge in [-0.15, -0.1) is 0 Å². The molecule has 1 heterocycles. The summed E-state index contributed by atoms with van der Waals surface area (Å²) in [6, 6.07) is 0. The smallest absolute Gasteiger partial charge is 0.209 e. The Kier molecular flexibility index (Phi) is 2.39. The van der Waals surface area contributed by atoms with Crippen molar-refractivity contribution in [3.8, 4) is 0 Å². The first-order chi connectivity index (χ1) is 4.33. The van der Waals surface area contributed by atoms with Gasteiger partial charge in [-0.05, 0) is 0 Å². The Bertz CT molecular complexity index is 107. The fraction of sp³-hybridized carbons (Fsp3) is 0.833. The Balaban J connectivity index is 2.31. The lowest BCUT2D eigenvalue weighted by Gasteiger charge is -2.26. The molecule has 1 fully saturated rings. The second-order valence-electron chi connectivity index (χ2n) is 2.28. The molecule has 1 aliphatic rings. The Labute approximate surface area is 59.6 Å².